The number of nitrogens with one attached hydrogen (secondary N) is 1. The van der Waals surface area contributed by atoms with Crippen molar-refractivity contribution in [1.82, 2.24) is 15.6 Å². The highest BCUT2D eigenvalue weighted by atomic mass is 16.6. The van der Waals surface area contributed by atoms with E-state index in [0.717, 1.165) is 23.9 Å². The van der Waals surface area contributed by atoms with E-state index in [2.05, 4.69) is 5.43 Å². The zero-order chi connectivity index (χ0) is 21.2. The lowest BCUT2D eigenvalue weighted by Gasteiger charge is -2.57. The van der Waals surface area contributed by atoms with Gasteiger partial charge in [0.25, 0.3) is 0 Å². The molecule has 2 aliphatic rings. The Morgan fingerprint density at radius 1 is 1.04 bits per heavy atom. The molecule has 0 amide bonds. The lowest BCUT2D eigenvalue weighted by molar-refractivity contribution is -1.26. The fourth-order valence-corrected chi connectivity index (χ4v) is 5.36. The van der Waals surface area contributed by atoms with Crippen LogP contribution in [0.2, 0.25) is 0 Å². The molecule has 2 unspecified atom stereocenters. The highest BCUT2D eigenvalue weighted by Crippen LogP contribution is 2.49. The highest BCUT2D eigenvalue weighted by molar-refractivity contribution is 5.07. The number of nitrogens with two attached hydrogens (primary N) is 1. The van der Waals surface area contributed by atoms with Crippen molar-refractivity contribution in [3.8, 4) is 0 Å². The maximum atomic E-state index is 14.4. The molecule has 0 saturated carbocycles. The number of hydrogen-bond acceptors (Lipinski definition) is 4. The number of hydroxylamine groups is 4. The van der Waals surface area contributed by atoms with Gasteiger partial charge in [-0.3, -0.25) is 0 Å². The molecule has 2 fully saturated rings. The summed E-state index contributed by atoms with van der Waals surface area (Å²) in [5.41, 5.74) is 7.75. The molecule has 7 heteroatoms. The lowest BCUT2D eigenvalue weighted by atomic mass is 9.75. The Morgan fingerprint density at radius 2 is 1.48 bits per heavy atom. The molecule has 2 atom stereocenters. The first-order valence-corrected chi connectivity index (χ1v) is 10.1. The van der Waals surface area contributed by atoms with Crippen molar-refractivity contribution >= 4 is 0 Å². The van der Waals surface area contributed by atoms with Crippen LogP contribution in [-0.4, -0.2) is 49.2 Å². The average Bonchev–Trinajstić information content (AvgIpc) is 2.65. The van der Waals surface area contributed by atoms with Gasteiger partial charge < -0.3 is 5.73 Å². The van der Waals surface area contributed by atoms with E-state index in [1.807, 2.05) is 69.2 Å². The molecule has 3 N–H and O–H groups in total. The van der Waals surface area contributed by atoms with E-state index in [0.29, 0.717) is 6.42 Å². The van der Waals surface area contributed by atoms with Gasteiger partial charge in [-0.25, -0.2) is 0 Å². The third kappa shape index (κ3) is 3.35. The number of rotatable bonds is 4. The van der Waals surface area contributed by atoms with Crippen LogP contribution in [0.4, 0.5) is 0 Å². The molecule has 0 aromatic rings. The Balaban J connectivity index is 2.45. The molecular weight excluding hydrogens is 342 g/mol. The van der Waals surface area contributed by atoms with Gasteiger partial charge in [0.15, 0.2) is 0 Å². The predicted octanol–water partition coefficient (Wildman–Crippen LogP) is 3.10. The summed E-state index contributed by atoms with van der Waals surface area (Å²) < 4.78 is -0.496. The minimum Gasteiger partial charge on any atom is -0.326 e. The van der Waals surface area contributed by atoms with Crippen LogP contribution in [0.1, 0.15) is 88.5 Å². The quantitative estimate of drug-likeness (QED) is 0.577. The summed E-state index contributed by atoms with van der Waals surface area (Å²) in [4.78, 5) is 0. The first-order valence-electron chi connectivity index (χ1n) is 10.1. The van der Waals surface area contributed by atoms with Crippen LogP contribution in [0.3, 0.4) is 0 Å². The summed E-state index contributed by atoms with van der Waals surface area (Å²) in [7, 11) is 0. The third-order valence-electron chi connectivity index (χ3n) is 6.95. The third-order valence-corrected chi connectivity index (χ3v) is 6.95. The smallest absolute Gasteiger partial charge is 0.148 e. The Morgan fingerprint density at radius 3 is 1.89 bits per heavy atom. The van der Waals surface area contributed by atoms with Crippen LogP contribution in [0.5, 0.6) is 0 Å². The summed E-state index contributed by atoms with van der Waals surface area (Å²) in [5, 5.41) is 30.3. The van der Waals surface area contributed by atoms with Gasteiger partial charge in [0.1, 0.15) is 17.1 Å². The van der Waals surface area contributed by atoms with Gasteiger partial charge in [-0.05, 0) is 85.5 Å². The zero-order valence-electron chi connectivity index (χ0n) is 19.0. The van der Waals surface area contributed by atoms with Crippen molar-refractivity contribution in [2.45, 2.75) is 123 Å². The molecule has 2 saturated heterocycles. The maximum Gasteiger partial charge on any atom is 0.148 e. The van der Waals surface area contributed by atoms with Crippen molar-refractivity contribution in [3.63, 3.8) is 0 Å². The van der Waals surface area contributed by atoms with Gasteiger partial charge in [-0.2, -0.15) is 5.43 Å². The second-order valence-electron chi connectivity index (χ2n) is 11.2. The van der Waals surface area contributed by atoms with Crippen LogP contribution in [-0.2, 0) is 10.4 Å². The number of piperidine rings is 1. The number of hydrazine groups is 1. The Hall–Kier alpha value is -0.280. The van der Waals surface area contributed by atoms with E-state index in [1.165, 1.54) is 0 Å². The van der Waals surface area contributed by atoms with Gasteiger partial charge in [-0.1, -0.05) is 0 Å². The van der Waals surface area contributed by atoms with E-state index in [1.54, 1.807) is 5.12 Å². The van der Waals surface area contributed by atoms with Crippen molar-refractivity contribution in [2.75, 3.05) is 0 Å². The van der Waals surface area contributed by atoms with Crippen LogP contribution in [0.15, 0.2) is 0 Å². The molecule has 0 aromatic heterocycles. The lowest BCUT2D eigenvalue weighted by Crippen LogP contribution is -2.80. The van der Waals surface area contributed by atoms with E-state index in [9.17, 15) is 10.4 Å². The molecule has 0 spiro atoms. The topological polar surface area (TPSA) is 84.3 Å². The van der Waals surface area contributed by atoms with E-state index in [4.69, 9.17) is 5.73 Å². The summed E-state index contributed by atoms with van der Waals surface area (Å²) in [5.74, 6) is 0. The molecule has 0 aliphatic carbocycles. The van der Waals surface area contributed by atoms with Gasteiger partial charge >= 0.3 is 0 Å². The van der Waals surface area contributed by atoms with E-state index >= 15 is 0 Å². The monoisotopic (exact) mass is 383 g/mol. The van der Waals surface area contributed by atoms with Gasteiger partial charge in [0.2, 0.25) is 0 Å². The zero-order valence-corrected chi connectivity index (χ0v) is 19.0. The van der Waals surface area contributed by atoms with Crippen molar-refractivity contribution in [3.05, 3.63) is 6.04 Å². The SMILES string of the molecule is C[C](C)N(NC1C(N)CC(C)(C)N([O])C1(C)C)[N+]1([O])C(C)(C)CCC1(C)C. The molecule has 2 aliphatic heterocycles. The fourth-order valence-electron chi connectivity index (χ4n) is 5.36. The van der Waals surface area contributed by atoms with Crippen molar-refractivity contribution in [1.29, 1.82) is 0 Å². The number of quaternary nitrogens is 1. The average molecular weight is 384 g/mol. The minimum atomic E-state index is -0.748. The molecule has 27 heavy (non-hydrogen) atoms. The van der Waals surface area contributed by atoms with Crippen molar-refractivity contribution < 1.29 is 15.2 Å². The Kier molecular flexibility index (Phi) is 5.64. The van der Waals surface area contributed by atoms with Crippen molar-refractivity contribution in [2.24, 2.45) is 5.73 Å². The molecule has 0 aromatic carbocycles. The largest absolute Gasteiger partial charge is 0.326 e. The summed E-state index contributed by atoms with van der Waals surface area (Å²) in [6.45, 7) is 19.7. The van der Waals surface area contributed by atoms with Crippen LogP contribution in [0.25, 0.3) is 0 Å². The molecule has 3 radical (unpaired) electrons. The summed E-state index contributed by atoms with van der Waals surface area (Å²) >= 11 is 0. The minimum absolute atomic E-state index is 0.234. The molecule has 7 nitrogen and oxygen atoms in total. The fraction of sp³-hybridized carbons (Fsp3) is 0.950. The highest BCUT2D eigenvalue weighted by Gasteiger charge is 2.68. The molecule has 0 bridgehead atoms. The maximum absolute atomic E-state index is 14.4. The molecule has 2 heterocycles. The molecular formula is C20H41N5O2+. The van der Waals surface area contributed by atoms with E-state index < -0.39 is 26.9 Å². The molecule has 2 rings (SSSR count). The van der Waals surface area contributed by atoms with Gasteiger partial charge in [0.05, 0.1) is 11.6 Å². The second kappa shape index (κ2) is 6.62. The summed E-state index contributed by atoms with van der Waals surface area (Å²) in [6, 6.07) is 0.301. The van der Waals surface area contributed by atoms with Gasteiger partial charge in [-0.15, -0.1) is 10.3 Å². The second-order valence-corrected chi connectivity index (χ2v) is 11.2. The van der Waals surface area contributed by atoms with Crippen LogP contribution >= 0.6 is 0 Å². The standard InChI is InChI=1S/C20H41N5O2/c1-14(2)23(25(27)18(5,6)11-12-19(25,7)8)22-16-15(21)13-17(3,4)24(26)20(16,9)10/h15-16,22H,11-13,21H2,1-10H3/q+1. The first-order chi connectivity index (χ1) is 11.9. The van der Waals surface area contributed by atoms with E-state index in [-0.39, 0.29) is 12.1 Å². The molecule has 157 valence electrons. The van der Waals surface area contributed by atoms with Gasteiger partial charge in [0, 0.05) is 29.6 Å². The normalized spacial score (nSPS) is 34.3. The Labute approximate surface area is 165 Å². The van der Waals surface area contributed by atoms with Crippen LogP contribution in [0, 0.1) is 6.04 Å². The number of hydrogen-bond donors (Lipinski definition) is 2. The first kappa shape index (κ1) is 23.0. The predicted molar refractivity (Wildman–Crippen MR) is 105 cm³/mol. The summed E-state index contributed by atoms with van der Waals surface area (Å²) in [6.07, 6.45) is 2.26. The number of nitrogens with zero attached hydrogens (tertiary/aromatic N) is 3. The Bertz CT molecular complexity index is 543. The van der Waals surface area contributed by atoms with Crippen LogP contribution < -0.4 is 11.2 Å².